The molecule has 26 heavy (non-hydrogen) atoms. The van der Waals surface area contributed by atoms with E-state index in [1.807, 2.05) is 12.1 Å². The predicted octanol–water partition coefficient (Wildman–Crippen LogP) is 1.28. The highest BCUT2D eigenvalue weighted by atomic mass is 32.2. The molecule has 0 radical (unpaired) electrons. The van der Waals surface area contributed by atoms with Crippen molar-refractivity contribution in [3.63, 3.8) is 0 Å². The van der Waals surface area contributed by atoms with Crippen molar-refractivity contribution in [1.82, 2.24) is 5.32 Å². The number of benzene rings is 1. The lowest BCUT2D eigenvalue weighted by Crippen LogP contribution is -2.31. The second-order valence-electron chi connectivity index (χ2n) is 6.78. The van der Waals surface area contributed by atoms with Gasteiger partial charge in [0.15, 0.2) is 15.0 Å². The van der Waals surface area contributed by atoms with Crippen molar-refractivity contribution in [1.29, 1.82) is 0 Å². The first-order valence-electron chi connectivity index (χ1n) is 8.70. The Bertz CT molecular complexity index is 817. The van der Waals surface area contributed by atoms with Gasteiger partial charge < -0.3 is 15.4 Å². The highest BCUT2D eigenvalue weighted by Crippen LogP contribution is 2.34. The number of carbonyl (C=O) groups is 1. The molecule has 1 aromatic rings. The van der Waals surface area contributed by atoms with Crippen LogP contribution < -0.4 is 10.6 Å². The Morgan fingerprint density at radius 3 is 2.77 bits per heavy atom. The van der Waals surface area contributed by atoms with Crippen LogP contribution in [-0.4, -0.2) is 61.5 Å². The fourth-order valence-electron chi connectivity index (χ4n) is 3.36. The standard InChI is InChI=1S/C17H21N3O4S2/c21-16(18-8-13-2-1-7-24-13)11-3-5-12(6-4-11)19-17-20-14-9-26(22,23)10-15(14)25-17/h3-6,13-15H,1-2,7-10H2,(H,18,21)(H,19,20). The van der Waals surface area contributed by atoms with Gasteiger partial charge >= 0.3 is 0 Å². The minimum atomic E-state index is -2.94. The first-order valence-corrected chi connectivity index (χ1v) is 11.4. The molecule has 1 aromatic carbocycles. The van der Waals surface area contributed by atoms with Gasteiger partial charge in [0.1, 0.15) is 0 Å². The third-order valence-corrected chi connectivity index (χ3v) is 7.87. The molecular formula is C17H21N3O4S2. The highest BCUT2D eigenvalue weighted by molar-refractivity contribution is 8.15. The van der Waals surface area contributed by atoms with Gasteiger partial charge in [-0.1, -0.05) is 11.8 Å². The number of rotatable bonds is 4. The van der Waals surface area contributed by atoms with Crippen LogP contribution >= 0.6 is 11.8 Å². The monoisotopic (exact) mass is 395 g/mol. The molecule has 0 aromatic heterocycles. The molecule has 0 aliphatic carbocycles. The minimum absolute atomic E-state index is 0.0188. The SMILES string of the molecule is O=C(NCC1CCCO1)c1ccc(NC2=NC3CS(=O)(=O)CC3S2)cc1. The lowest BCUT2D eigenvalue weighted by molar-refractivity contribution is 0.0858. The predicted molar refractivity (Wildman–Crippen MR) is 103 cm³/mol. The molecule has 2 fully saturated rings. The number of thioether (sulfide) groups is 1. The summed E-state index contributed by atoms with van der Waals surface area (Å²) in [4.78, 5) is 16.6. The summed E-state index contributed by atoms with van der Waals surface area (Å²) < 4.78 is 28.7. The molecule has 2 saturated heterocycles. The largest absolute Gasteiger partial charge is 0.376 e. The van der Waals surface area contributed by atoms with Crippen LogP contribution in [0.3, 0.4) is 0 Å². The van der Waals surface area contributed by atoms with Crippen LogP contribution in [0.2, 0.25) is 0 Å². The molecule has 3 atom stereocenters. The number of amidine groups is 1. The van der Waals surface area contributed by atoms with E-state index in [4.69, 9.17) is 4.74 Å². The summed E-state index contributed by atoms with van der Waals surface area (Å²) >= 11 is 1.48. The number of anilines is 1. The van der Waals surface area contributed by atoms with E-state index in [2.05, 4.69) is 15.6 Å². The molecule has 3 heterocycles. The zero-order valence-electron chi connectivity index (χ0n) is 14.2. The van der Waals surface area contributed by atoms with Gasteiger partial charge in [0.05, 0.1) is 23.7 Å². The number of ether oxygens (including phenoxy) is 1. The number of aliphatic imine (C=N–C) groups is 1. The number of amides is 1. The van der Waals surface area contributed by atoms with Crippen molar-refractivity contribution >= 4 is 38.4 Å². The molecule has 1 amide bonds. The molecule has 9 heteroatoms. The fourth-order valence-corrected chi connectivity index (χ4v) is 7.03. The topological polar surface area (TPSA) is 96.9 Å². The highest BCUT2D eigenvalue weighted by Gasteiger charge is 2.42. The van der Waals surface area contributed by atoms with Gasteiger partial charge in [-0.15, -0.1) is 0 Å². The van der Waals surface area contributed by atoms with Crippen LogP contribution in [-0.2, 0) is 14.6 Å². The Morgan fingerprint density at radius 2 is 2.08 bits per heavy atom. The molecule has 3 aliphatic rings. The number of fused-ring (bicyclic) bond motifs is 1. The van der Waals surface area contributed by atoms with Crippen molar-refractivity contribution in [3.8, 4) is 0 Å². The third kappa shape index (κ3) is 4.05. The van der Waals surface area contributed by atoms with Gasteiger partial charge in [0.2, 0.25) is 0 Å². The number of sulfone groups is 1. The lowest BCUT2D eigenvalue weighted by atomic mass is 10.2. The Kier molecular flexibility index (Phi) is 4.94. The van der Waals surface area contributed by atoms with Crippen molar-refractivity contribution < 1.29 is 17.9 Å². The second kappa shape index (κ2) is 7.21. The van der Waals surface area contributed by atoms with E-state index in [0.717, 1.165) is 30.3 Å². The van der Waals surface area contributed by atoms with Crippen LogP contribution in [0.15, 0.2) is 29.3 Å². The Labute approximate surface area is 156 Å². The van der Waals surface area contributed by atoms with Crippen molar-refractivity contribution in [3.05, 3.63) is 29.8 Å². The van der Waals surface area contributed by atoms with Crippen LogP contribution in [0.1, 0.15) is 23.2 Å². The van der Waals surface area contributed by atoms with E-state index >= 15 is 0 Å². The fraction of sp³-hybridized carbons (Fsp3) is 0.529. The van der Waals surface area contributed by atoms with Crippen LogP contribution in [0.4, 0.5) is 5.69 Å². The third-order valence-electron chi connectivity index (χ3n) is 4.73. The zero-order valence-corrected chi connectivity index (χ0v) is 15.8. The average molecular weight is 396 g/mol. The maximum atomic E-state index is 12.2. The molecule has 3 unspecified atom stereocenters. The first kappa shape index (κ1) is 17.8. The lowest BCUT2D eigenvalue weighted by Gasteiger charge is -2.11. The molecular weight excluding hydrogens is 374 g/mol. The molecule has 140 valence electrons. The normalized spacial score (nSPS) is 29.2. The summed E-state index contributed by atoms with van der Waals surface area (Å²) in [5, 5.41) is 6.87. The van der Waals surface area contributed by atoms with Gasteiger partial charge in [0.25, 0.3) is 5.91 Å². The van der Waals surface area contributed by atoms with Gasteiger partial charge in [0, 0.05) is 29.7 Å². The summed E-state index contributed by atoms with van der Waals surface area (Å²) in [5.41, 5.74) is 1.42. The Hall–Kier alpha value is -1.58. The van der Waals surface area contributed by atoms with E-state index in [0.29, 0.717) is 12.1 Å². The number of hydrogen-bond donors (Lipinski definition) is 2. The quantitative estimate of drug-likeness (QED) is 0.797. The number of nitrogens with one attached hydrogen (secondary N) is 2. The molecule has 0 spiro atoms. The van der Waals surface area contributed by atoms with Crippen LogP contribution in [0.25, 0.3) is 0 Å². The van der Waals surface area contributed by atoms with E-state index in [-0.39, 0.29) is 34.8 Å². The van der Waals surface area contributed by atoms with E-state index in [1.165, 1.54) is 11.8 Å². The van der Waals surface area contributed by atoms with Gasteiger partial charge in [-0.25, -0.2) is 8.42 Å². The summed E-state index contributed by atoms with van der Waals surface area (Å²) in [6.07, 6.45) is 2.17. The summed E-state index contributed by atoms with van der Waals surface area (Å²) in [6, 6.07) is 7.04. The smallest absolute Gasteiger partial charge is 0.251 e. The van der Waals surface area contributed by atoms with Crippen molar-refractivity contribution in [2.45, 2.75) is 30.2 Å². The molecule has 7 nitrogen and oxygen atoms in total. The summed E-state index contributed by atoms with van der Waals surface area (Å²) in [5.74, 6) is 0.222. The molecule has 4 rings (SSSR count). The van der Waals surface area contributed by atoms with Crippen LogP contribution in [0.5, 0.6) is 0 Å². The molecule has 3 aliphatic heterocycles. The maximum absolute atomic E-state index is 12.2. The zero-order chi connectivity index (χ0) is 18.1. The first-order chi connectivity index (χ1) is 12.5. The molecule has 0 saturated carbocycles. The molecule has 2 N–H and O–H groups in total. The summed E-state index contributed by atoms with van der Waals surface area (Å²) in [7, 11) is -2.94. The van der Waals surface area contributed by atoms with E-state index < -0.39 is 9.84 Å². The Balaban J connectivity index is 1.31. The minimum Gasteiger partial charge on any atom is -0.376 e. The van der Waals surface area contributed by atoms with E-state index in [1.54, 1.807) is 12.1 Å². The van der Waals surface area contributed by atoms with Gasteiger partial charge in [-0.3, -0.25) is 9.79 Å². The molecule has 0 bridgehead atoms. The van der Waals surface area contributed by atoms with Crippen LogP contribution in [0, 0.1) is 0 Å². The van der Waals surface area contributed by atoms with Crippen molar-refractivity contribution in [2.24, 2.45) is 4.99 Å². The Morgan fingerprint density at radius 1 is 1.27 bits per heavy atom. The number of nitrogens with zero attached hydrogens (tertiary/aromatic N) is 1. The number of hydrogen-bond acceptors (Lipinski definition) is 7. The maximum Gasteiger partial charge on any atom is 0.251 e. The average Bonchev–Trinajstić information content (AvgIpc) is 3.28. The summed E-state index contributed by atoms with van der Waals surface area (Å²) in [6.45, 7) is 1.31. The van der Waals surface area contributed by atoms with Gasteiger partial charge in [-0.05, 0) is 37.1 Å². The number of carbonyl (C=O) groups excluding carboxylic acids is 1. The van der Waals surface area contributed by atoms with Gasteiger partial charge in [-0.2, -0.15) is 0 Å². The second-order valence-corrected chi connectivity index (χ2v) is 10.2. The van der Waals surface area contributed by atoms with E-state index in [9.17, 15) is 13.2 Å². The van der Waals surface area contributed by atoms with Crippen molar-refractivity contribution in [2.75, 3.05) is 30.0 Å².